The SMILES string of the molecule is O=C(O)C(F)(F)F.O=C1CCCCN1c1c[nH]c2ccccc12. The van der Waals surface area contributed by atoms with E-state index in [1.807, 2.05) is 29.3 Å². The third-order valence-corrected chi connectivity index (χ3v) is 3.42. The Morgan fingerprint density at radius 1 is 1.22 bits per heavy atom. The van der Waals surface area contributed by atoms with Gasteiger partial charge in [-0.3, -0.25) is 4.79 Å². The molecule has 3 rings (SSSR count). The molecule has 0 atom stereocenters. The molecule has 2 heterocycles. The van der Waals surface area contributed by atoms with Crippen LogP contribution in [0.1, 0.15) is 19.3 Å². The van der Waals surface area contributed by atoms with Gasteiger partial charge >= 0.3 is 12.1 Å². The summed E-state index contributed by atoms with van der Waals surface area (Å²) in [7, 11) is 0. The zero-order chi connectivity index (χ0) is 17.0. The van der Waals surface area contributed by atoms with E-state index in [9.17, 15) is 18.0 Å². The molecule has 8 heteroatoms. The number of aliphatic carboxylic acids is 1. The Kier molecular flexibility index (Phi) is 4.92. The second-order valence-electron chi connectivity index (χ2n) is 5.02. The number of aromatic nitrogens is 1. The minimum atomic E-state index is -5.08. The van der Waals surface area contributed by atoms with Crippen LogP contribution in [-0.4, -0.2) is 34.7 Å². The number of nitrogens with zero attached hydrogens (tertiary/aromatic N) is 1. The fraction of sp³-hybridized carbons (Fsp3) is 0.333. The number of anilines is 1. The van der Waals surface area contributed by atoms with Crippen molar-refractivity contribution in [1.29, 1.82) is 0 Å². The van der Waals surface area contributed by atoms with Gasteiger partial charge in [0.15, 0.2) is 0 Å². The quantitative estimate of drug-likeness (QED) is 0.843. The summed E-state index contributed by atoms with van der Waals surface area (Å²) in [5, 5.41) is 8.26. The molecule has 1 aliphatic rings. The molecule has 0 unspecified atom stereocenters. The summed E-state index contributed by atoms with van der Waals surface area (Å²) in [4.78, 5) is 25.9. The molecule has 0 bridgehead atoms. The van der Waals surface area contributed by atoms with Crippen LogP contribution in [0.5, 0.6) is 0 Å². The zero-order valence-electron chi connectivity index (χ0n) is 12.1. The minimum absolute atomic E-state index is 0.246. The van der Waals surface area contributed by atoms with Crippen LogP contribution in [0.15, 0.2) is 30.5 Å². The van der Waals surface area contributed by atoms with Crippen molar-refractivity contribution in [2.75, 3.05) is 11.4 Å². The van der Waals surface area contributed by atoms with Gasteiger partial charge in [-0.25, -0.2) is 4.79 Å². The average Bonchev–Trinajstić information content (AvgIpc) is 2.91. The third-order valence-electron chi connectivity index (χ3n) is 3.42. The summed E-state index contributed by atoms with van der Waals surface area (Å²) >= 11 is 0. The number of piperidine rings is 1. The lowest BCUT2D eigenvalue weighted by molar-refractivity contribution is -0.192. The number of amides is 1. The number of carbonyl (C=O) groups excluding carboxylic acids is 1. The molecule has 0 aliphatic carbocycles. The van der Waals surface area contributed by atoms with Crippen LogP contribution in [-0.2, 0) is 9.59 Å². The molecule has 1 aliphatic heterocycles. The lowest BCUT2D eigenvalue weighted by atomic mass is 10.1. The van der Waals surface area contributed by atoms with Crippen LogP contribution >= 0.6 is 0 Å². The Hall–Kier alpha value is -2.51. The molecule has 2 N–H and O–H groups in total. The molecule has 1 fully saturated rings. The van der Waals surface area contributed by atoms with Crippen molar-refractivity contribution in [3.63, 3.8) is 0 Å². The molecular weight excluding hydrogens is 313 g/mol. The van der Waals surface area contributed by atoms with E-state index < -0.39 is 12.1 Å². The molecule has 5 nitrogen and oxygen atoms in total. The van der Waals surface area contributed by atoms with E-state index in [1.165, 1.54) is 0 Å². The molecule has 124 valence electrons. The number of fused-ring (bicyclic) bond motifs is 1. The monoisotopic (exact) mass is 328 g/mol. The average molecular weight is 328 g/mol. The summed E-state index contributed by atoms with van der Waals surface area (Å²) in [6.45, 7) is 0.848. The maximum Gasteiger partial charge on any atom is 0.490 e. The van der Waals surface area contributed by atoms with E-state index in [-0.39, 0.29) is 5.91 Å². The molecule has 2 aromatic rings. The molecule has 1 aromatic carbocycles. The number of carboxylic acid groups (broad SMARTS) is 1. The number of nitrogens with one attached hydrogen (secondary N) is 1. The van der Waals surface area contributed by atoms with Gasteiger partial charge < -0.3 is 15.0 Å². The Morgan fingerprint density at radius 3 is 2.48 bits per heavy atom. The Morgan fingerprint density at radius 2 is 1.87 bits per heavy atom. The van der Waals surface area contributed by atoms with E-state index in [2.05, 4.69) is 11.1 Å². The second-order valence-corrected chi connectivity index (χ2v) is 5.02. The summed E-state index contributed by atoms with van der Waals surface area (Å²) in [6.07, 6.45) is -0.337. The third kappa shape index (κ3) is 4.02. The summed E-state index contributed by atoms with van der Waals surface area (Å²) in [5.41, 5.74) is 2.12. The number of hydrogen-bond donors (Lipinski definition) is 2. The number of hydrogen-bond acceptors (Lipinski definition) is 2. The Bertz CT molecular complexity index is 709. The van der Waals surface area contributed by atoms with E-state index >= 15 is 0 Å². The number of carboxylic acids is 1. The second kappa shape index (κ2) is 6.72. The van der Waals surface area contributed by atoms with Gasteiger partial charge in [0.2, 0.25) is 5.91 Å². The van der Waals surface area contributed by atoms with Crippen LogP contribution in [0, 0.1) is 0 Å². The normalized spacial score (nSPS) is 15.3. The molecule has 23 heavy (non-hydrogen) atoms. The molecule has 0 saturated carbocycles. The van der Waals surface area contributed by atoms with Crippen molar-refractivity contribution < 1.29 is 27.9 Å². The first-order valence-electron chi connectivity index (χ1n) is 6.97. The van der Waals surface area contributed by atoms with E-state index in [0.717, 1.165) is 36.0 Å². The number of benzene rings is 1. The number of halogens is 3. The van der Waals surface area contributed by atoms with Gasteiger partial charge in [-0.1, -0.05) is 18.2 Å². The predicted octanol–water partition coefficient (Wildman–Crippen LogP) is 3.32. The molecule has 1 saturated heterocycles. The van der Waals surface area contributed by atoms with Crippen LogP contribution in [0.3, 0.4) is 0 Å². The zero-order valence-corrected chi connectivity index (χ0v) is 12.1. The lowest BCUT2D eigenvalue weighted by Gasteiger charge is -2.26. The predicted molar refractivity (Wildman–Crippen MR) is 78.2 cm³/mol. The number of carbonyl (C=O) groups is 2. The molecule has 1 amide bonds. The largest absolute Gasteiger partial charge is 0.490 e. The van der Waals surface area contributed by atoms with Crippen molar-refractivity contribution in [1.82, 2.24) is 4.98 Å². The number of aromatic amines is 1. The maximum atomic E-state index is 11.8. The maximum absolute atomic E-state index is 11.8. The number of alkyl halides is 3. The highest BCUT2D eigenvalue weighted by Gasteiger charge is 2.38. The first-order valence-corrected chi connectivity index (χ1v) is 6.97. The first kappa shape index (κ1) is 16.9. The standard InChI is InChI=1S/C13H14N2O.C2HF3O2/c16-13-7-3-4-8-15(13)12-9-14-11-6-2-1-5-10(11)12;3-2(4,5)1(6)7/h1-2,5-6,9,14H,3-4,7-8H2;(H,6,7). The van der Waals surface area contributed by atoms with Gasteiger partial charge in [0.25, 0.3) is 0 Å². The molecule has 1 aromatic heterocycles. The van der Waals surface area contributed by atoms with E-state index in [4.69, 9.17) is 9.90 Å². The van der Waals surface area contributed by atoms with E-state index in [0.29, 0.717) is 6.42 Å². The first-order chi connectivity index (χ1) is 10.8. The molecule has 0 spiro atoms. The van der Waals surface area contributed by atoms with Gasteiger partial charge in [-0.15, -0.1) is 0 Å². The van der Waals surface area contributed by atoms with Gasteiger partial charge in [0.1, 0.15) is 0 Å². The van der Waals surface area contributed by atoms with Crippen LogP contribution in [0.2, 0.25) is 0 Å². The lowest BCUT2D eigenvalue weighted by Crippen LogP contribution is -2.34. The number of rotatable bonds is 1. The minimum Gasteiger partial charge on any atom is -0.475 e. The fourth-order valence-electron chi connectivity index (χ4n) is 2.34. The van der Waals surface area contributed by atoms with Gasteiger partial charge in [-0.2, -0.15) is 13.2 Å². The molecule has 0 radical (unpaired) electrons. The van der Waals surface area contributed by atoms with Crippen molar-refractivity contribution in [2.24, 2.45) is 0 Å². The van der Waals surface area contributed by atoms with Crippen LogP contribution in [0.4, 0.5) is 18.9 Å². The number of para-hydroxylation sites is 1. The summed E-state index contributed by atoms with van der Waals surface area (Å²) < 4.78 is 31.7. The number of H-pyrrole nitrogens is 1. The highest BCUT2D eigenvalue weighted by molar-refractivity contribution is 6.03. The van der Waals surface area contributed by atoms with E-state index in [1.54, 1.807) is 0 Å². The van der Waals surface area contributed by atoms with Crippen molar-refractivity contribution in [3.05, 3.63) is 30.5 Å². The Balaban J connectivity index is 0.000000236. The highest BCUT2D eigenvalue weighted by Crippen LogP contribution is 2.29. The fourth-order valence-corrected chi connectivity index (χ4v) is 2.34. The topological polar surface area (TPSA) is 73.4 Å². The van der Waals surface area contributed by atoms with Crippen molar-refractivity contribution >= 4 is 28.5 Å². The highest BCUT2D eigenvalue weighted by atomic mass is 19.4. The van der Waals surface area contributed by atoms with Gasteiger partial charge in [0, 0.05) is 30.1 Å². The van der Waals surface area contributed by atoms with Gasteiger partial charge in [-0.05, 0) is 18.9 Å². The Labute approximate surface area is 129 Å². The van der Waals surface area contributed by atoms with Crippen LogP contribution < -0.4 is 4.90 Å². The van der Waals surface area contributed by atoms with Crippen LogP contribution in [0.25, 0.3) is 10.9 Å². The van der Waals surface area contributed by atoms with Gasteiger partial charge in [0.05, 0.1) is 5.69 Å². The smallest absolute Gasteiger partial charge is 0.475 e. The molecular formula is C15H15F3N2O3. The van der Waals surface area contributed by atoms with Crippen molar-refractivity contribution in [2.45, 2.75) is 25.4 Å². The van der Waals surface area contributed by atoms with Crippen molar-refractivity contribution in [3.8, 4) is 0 Å². The summed E-state index contributed by atoms with van der Waals surface area (Å²) in [5.74, 6) is -2.51. The summed E-state index contributed by atoms with van der Waals surface area (Å²) in [6, 6.07) is 8.10.